The lowest BCUT2D eigenvalue weighted by Gasteiger charge is -2.20. The number of hydrogen-bond donors (Lipinski definition) is 2. The molecule has 1 atom stereocenters. The van der Waals surface area contributed by atoms with Gasteiger partial charge in [-0.2, -0.15) is 0 Å². The fourth-order valence-corrected chi connectivity index (χ4v) is 3.65. The van der Waals surface area contributed by atoms with E-state index in [0.717, 1.165) is 33.2 Å². The molecule has 3 heteroatoms. The van der Waals surface area contributed by atoms with Crippen LogP contribution in [0.1, 0.15) is 12.5 Å². The lowest BCUT2D eigenvalue weighted by atomic mass is 9.91. The van der Waals surface area contributed by atoms with Crippen molar-refractivity contribution >= 4 is 33.2 Å². The monoisotopic (exact) mass is 355 g/mol. The topological polar surface area (TPSA) is 49.3 Å². The molecule has 0 fully saturated rings. The van der Waals surface area contributed by atoms with Crippen LogP contribution in [0.25, 0.3) is 32.7 Å². The average Bonchev–Trinajstić information content (AvgIpc) is 2.68. The van der Waals surface area contributed by atoms with Crippen molar-refractivity contribution in [3.05, 3.63) is 78.4 Å². The van der Waals surface area contributed by atoms with E-state index in [-0.39, 0.29) is 0 Å². The van der Waals surface area contributed by atoms with E-state index < -0.39 is 12.0 Å². The lowest BCUT2D eigenvalue weighted by Crippen LogP contribution is -2.25. The quantitative estimate of drug-likeness (QED) is 0.482. The van der Waals surface area contributed by atoms with E-state index in [2.05, 4.69) is 48.6 Å². The second-order valence-corrected chi connectivity index (χ2v) is 6.89. The van der Waals surface area contributed by atoms with Gasteiger partial charge in [0.05, 0.1) is 5.69 Å². The molecule has 2 N–H and O–H groups in total. The van der Waals surface area contributed by atoms with Gasteiger partial charge in [0, 0.05) is 10.9 Å². The molecule has 0 aromatic heterocycles. The van der Waals surface area contributed by atoms with Crippen LogP contribution < -0.4 is 5.32 Å². The molecule has 0 saturated heterocycles. The predicted molar refractivity (Wildman–Crippen MR) is 112 cm³/mol. The fourth-order valence-electron chi connectivity index (χ4n) is 3.65. The van der Waals surface area contributed by atoms with Crippen molar-refractivity contribution in [2.45, 2.75) is 19.9 Å². The van der Waals surface area contributed by atoms with Crippen molar-refractivity contribution in [3.8, 4) is 11.1 Å². The van der Waals surface area contributed by atoms with Gasteiger partial charge in [0.25, 0.3) is 0 Å². The molecule has 0 spiro atoms. The van der Waals surface area contributed by atoms with Gasteiger partial charge in [-0.3, -0.25) is 4.79 Å². The number of aryl methyl sites for hydroxylation is 1. The maximum atomic E-state index is 11.5. The zero-order valence-corrected chi connectivity index (χ0v) is 15.4. The minimum atomic E-state index is -0.872. The highest BCUT2D eigenvalue weighted by Gasteiger charge is 2.18. The van der Waals surface area contributed by atoms with Gasteiger partial charge in [-0.25, -0.2) is 0 Å². The molecule has 27 heavy (non-hydrogen) atoms. The summed E-state index contributed by atoms with van der Waals surface area (Å²) in [6.45, 7) is 3.77. The molecule has 0 bridgehead atoms. The zero-order valence-electron chi connectivity index (χ0n) is 15.4. The maximum absolute atomic E-state index is 11.5. The van der Waals surface area contributed by atoms with E-state index in [4.69, 9.17) is 0 Å². The molecular formula is C24H21NO2. The number of carboxylic acid groups (broad SMARTS) is 1. The summed E-state index contributed by atoms with van der Waals surface area (Å²) in [5, 5.41) is 17.1. The summed E-state index contributed by atoms with van der Waals surface area (Å²) in [5.41, 5.74) is 4.19. The zero-order chi connectivity index (χ0) is 19.0. The van der Waals surface area contributed by atoms with Crippen LogP contribution in [-0.2, 0) is 4.79 Å². The Hall–Kier alpha value is -3.33. The summed E-state index contributed by atoms with van der Waals surface area (Å²) in [7, 11) is 0. The first-order valence-electron chi connectivity index (χ1n) is 9.06. The summed E-state index contributed by atoms with van der Waals surface area (Å²) in [4.78, 5) is 11.5. The molecule has 4 aromatic rings. The van der Waals surface area contributed by atoms with Crippen LogP contribution in [0, 0.1) is 6.92 Å². The van der Waals surface area contributed by atoms with Crippen molar-refractivity contribution in [2.75, 3.05) is 5.32 Å². The van der Waals surface area contributed by atoms with Crippen molar-refractivity contribution in [3.63, 3.8) is 0 Å². The summed E-state index contributed by atoms with van der Waals surface area (Å²) >= 11 is 0. The molecule has 3 nitrogen and oxygen atoms in total. The molecule has 0 heterocycles. The molecule has 0 amide bonds. The average molecular weight is 355 g/mol. The molecular weight excluding hydrogens is 334 g/mol. The molecule has 0 radical (unpaired) electrons. The van der Waals surface area contributed by atoms with Gasteiger partial charge in [0.1, 0.15) is 6.04 Å². The number of rotatable bonds is 4. The van der Waals surface area contributed by atoms with E-state index in [0.29, 0.717) is 0 Å². The minimum absolute atomic E-state index is 0.690. The van der Waals surface area contributed by atoms with Crippen LogP contribution in [0.2, 0.25) is 0 Å². The van der Waals surface area contributed by atoms with Gasteiger partial charge in [0.2, 0.25) is 0 Å². The molecule has 134 valence electrons. The first-order chi connectivity index (χ1) is 13.1. The van der Waals surface area contributed by atoms with E-state index in [1.165, 1.54) is 10.8 Å². The number of benzene rings is 4. The third-order valence-corrected chi connectivity index (χ3v) is 5.07. The third kappa shape index (κ3) is 3.02. The van der Waals surface area contributed by atoms with Crippen molar-refractivity contribution in [2.24, 2.45) is 0 Å². The first-order valence-corrected chi connectivity index (χ1v) is 9.06. The van der Waals surface area contributed by atoms with E-state index in [9.17, 15) is 9.90 Å². The van der Waals surface area contributed by atoms with Crippen molar-refractivity contribution in [1.29, 1.82) is 0 Å². The van der Waals surface area contributed by atoms with Gasteiger partial charge in [-0.15, -0.1) is 0 Å². The summed E-state index contributed by atoms with van der Waals surface area (Å²) < 4.78 is 0. The Balaban J connectivity index is 2.05. The van der Waals surface area contributed by atoms with Crippen LogP contribution in [0.4, 0.5) is 5.69 Å². The van der Waals surface area contributed by atoms with Gasteiger partial charge < -0.3 is 10.4 Å². The summed E-state index contributed by atoms with van der Waals surface area (Å²) in [5.74, 6) is -0.872. The predicted octanol–water partition coefficient (Wildman–Crippen LogP) is 5.85. The van der Waals surface area contributed by atoms with Crippen LogP contribution in [-0.4, -0.2) is 17.1 Å². The summed E-state index contributed by atoms with van der Waals surface area (Å²) in [6.07, 6.45) is 0. The molecule has 1 unspecified atom stereocenters. The summed E-state index contributed by atoms with van der Waals surface area (Å²) in [6, 6.07) is 24.1. The fraction of sp³-hybridized carbons (Fsp3) is 0.125. The lowest BCUT2D eigenvalue weighted by molar-refractivity contribution is -0.137. The standard InChI is InChI=1S/C24H21NO2/c1-15-11-12-17-7-3-5-9-19(17)22(15)21-14-13-18-8-4-6-10-20(18)23(21)25-16(2)24(26)27/h3-14,16,25H,1-2H3,(H,26,27). The molecule has 0 aliphatic rings. The smallest absolute Gasteiger partial charge is 0.325 e. The second kappa shape index (κ2) is 6.76. The molecule has 4 aromatic carbocycles. The number of anilines is 1. The van der Waals surface area contributed by atoms with Crippen LogP contribution in [0.5, 0.6) is 0 Å². The maximum Gasteiger partial charge on any atom is 0.325 e. The largest absolute Gasteiger partial charge is 0.480 e. The Morgan fingerprint density at radius 2 is 1.44 bits per heavy atom. The third-order valence-electron chi connectivity index (χ3n) is 5.07. The Morgan fingerprint density at radius 1 is 0.852 bits per heavy atom. The number of hydrogen-bond acceptors (Lipinski definition) is 2. The highest BCUT2D eigenvalue weighted by Crippen LogP contribution is 2.40. The first kappa shape index (κ1) is 17.1. The normalized spacial score (nSPS) is 12.2. The molecule has 0 aliphatic carbocycles. The number of aliphatic carboxylic acids is 1. The van der Waals surface area contributed by atoms with Gasteiger partial charge in [-0.1, -0.05) is 72.8 Å². The molecule has 4 rings (SSSR count). The van der Waals surface area contributed by atoms with Gasteiger partial charge in [-0.05, 0) is 41.1 Å². The van der Waals surface area contributed by atoms with E-state index in [1.807, 2.05) is 36.4 Å². The van der Waals surface area contributed by atoms with Gasteiger partial charge in [0.15, 0.2) is 0 Å². The Bertz CT molecular complexity index is 1160. The van der Waals surface area contributed by atoms with Crippen LogP contribution >= 0.6 is 0 Å². The van der Waals surface area contributed by atoms with E-state index in [1.54, 1.807) is 6.92 Å². The van der Waals surface area contributed by atoms with Crippen molar-refractivity contribution in [1.82, 2.24) is 0 Å². The van der Waals surface area contributed by atoms with Gasteiger partial charge >= 0.3 is 5.97 Å². The highest BCUT2D eigenvalue weighted by molar-refractivity contribution is 6.08. The van der Waals surface area contributed by atoms with E-state index >= 15 is 0 Å². The van der Waals surface area contributed by atoms with Crippen LogP contribution in [0.3, 0.4) is 0 Å². The Labute approximate surface area is 158 Å². The molecule has 0 saturated carbocycles. The number of carbonyl (C=O) groups is 1. The Kier molecular flexibility index (Phi) is 4.28. The number of fused-ring (bicyclic) bond motifs is 2. The molecule has 0 aliphatic heterocycles. The number of carboxylic acids is 1. The highest BCUT2D eigenvalue weighted by atomic mass is 16.4. The van der Waals surface area contributed by atoms with Crippen LogP contribution in [0.15, 0.2) is 72.8 Å². The second-order valence-electron chi connectivity index (χ2n) is 6.89. The van der Waals surface area contributed by atoms with Crippen molar-refractivity contribution < 1.29 is 9.90 Å². The minimum Gasteiger partial charge on any atom is -0.480 e. The SMILES string of the molecule is Cc1ccc2ccccc2c1-c1ccc2ccccc2c1NC(C)C(=O)O. The number of nitrogens with one attached hydrogen (secondary N) is 1. The Morgan fingerprint density at radius 3 is 2.15 bits per heavy atom.